The van der Waals surface area contributed by atoms with E-state index >= 15 is 0 Å². The molecule has 0 spiro atoms. The van der Waals surface area contributed by atoms with E-state index in [-0.39, 0.29) is 5.82 Å². The number of pyridine rings is 1. The molecular formula is C18H22FN3. The molecule has 0 saturated heterocycles. The predicted octanol–water partition coefficient (Wildman–Crippen LogP) is 4.89. The van der Waals surface area contributed by atoms with E-state index < -0.39 is 0 Å². The van der Waals surface area contributed by atoms with Crippen LogP contribution in [0.15, 0.2) is 36.7 Å². The minimum Gasteiger partial charge on any atom is -0.273 e. The Kier molecular flexibility index (Phi) is 5.26. The van der Waals surface area contributed by atoms with E-state index in [0.29, 0.717) is 11.2 Å². The summed E-state index contributed by atoms with van der Waals surface area (Å²) in [5, 5.41) is 5.17. The van der Waals surface area contributed by atoms with E-state index in [4.69, 9.17) is 0 Å². The molecule has 0 aliphatic heterocycles. The Balaban J connectivity index is 0.000000396. The molecule has 4 heteroatoms. The Morgan fingerprint density at radius 1 is 1.09 bits per heavy atom. The van der Waals surface area contributed by atoms with E-state index in [1.54, 1.807) is 23.9 Å². The molecule has 0 N–H and O–H groups in total. The highest BCUT2D eigenvalue weighted by Gasteiger charge is 2.05. The van der Waals surface area contributed by atoms with Crippen LogP contribution < -0.4 is 0 Å². The Labute approximate surface area is 130 Å². The predicted molar refractivity (Wildman–Crippen MR) is 89.2 cm³/mol. The maximum absolute atomic E-state index is 13.5. The lowest BCUT2D eigenvalue weighted by Crippen LogP contribution is -1.87. The fraction of sp³-hybridized carbons (Fsp3) is 0.333. The van der Waals surface area contributed by atoms with Crippen molar-refractivity contribution in [2.45, 2.75) is 33.6 Å². The average molecular weight is 299 g/mol. The number of hydrogen-bond donors (Lipinski definition) is 0. The zero-order chi connectivity index (χ0) is 16.1. The molecule has 0 bridgehead atoms. The summed E-state index contributed by atoms with van der Waals surface area (Å²) in [6.07, 6.45) is 6.26. The third-order valence-corrected chi connectivity index (χ3v) is 3.48. The first-order valence-corrected chi connectivity index (χ1v) is 7.61. The van der Waals surface area contributed by atoms with Crippen molar-refractivity contribution in [3.8, 4) is 11.1 Å². The van der Waals surface area contributed by atoms with Crippen molar-refractivity contribution in [1.82, 2.24) is 14.8 Å². The molecule has 3 nitrogen and oxygen atoms in total. The van der Waals surface area contributed by atoms with Crippen molar-refractivity contribution < 1.29 is 4.39 Å². The molecular weight excluding hydrogens is 277 g/mol. The quantitative estimate of drug-likeness (QED) is 0.674. The van der Waals surface area contributed by atoms with Crippen LogP contribution in [0.4, 0.5) is 4.39 Å². The van der Waals surface area contributed by atoms with Gasteiger partial charge in [0.25, 0.3) is 0 Å². The number of aromatic nitrogens is 3. The van der Waals surface area contributed by atoms with Crippen molar-refractivity contribution in [2.24, 2.45) is 7.05 Å². The summed E-state index contributed by atoms with van der Waals surface area (Å²) >= 11 is 0. The van der Waals surface area contributed by atoms with Crippen LogP contribution in [0.3, 0.4) is 0 Å². The van der Waals surface area contributed by atoms with Gasteiger partial charge in [-0.1, -0.05) is 38.8 Å². The van der Waals surface area contributed by atoms with Gasteiger partial charge in [0.15, 0.2) is 5.65 Å². The molecule has 2 heterocycles. The van der Waals surface area contributed by atoms with Crippen LogP contribution in [-0.4, -0.2) is 14.8 Å². The fourth-order valence-electron chi connectivity index (χ4n) is 1.96. The molecule has 0 aliphatic carbocycles. The molecule has 3 aromatic rings. The van der Waals surface area contributed by atoms with E-state index in [1.165, 1.54) is 18.9 Å². The highest BCUT2D eigenvalue weighted by Crippen LogP contribution is 2.23. The second kappa shape index (κ2) is 7.16. The maximum Gasteiger partial charge on any atom is 0.181 e. The molecule has 1 aromatic carbocycles. The Hall–Kier alpha value is -2.23. The second-order valence-electron chi connectivity index (χ2n) is 5.40. The Bertz CT molecular complexity index is 760. The van der Waals surface area contributed by atoms with Crippen molar-refractivity contribution in [2.75, 3.05) is 0 Å². The molecule has 0 saturated carbocycles. The number of nitrogens with zero attached hydrogens (tertiary/aromatic N) is 3. The van der Waals surface area contributed by atoms with Crippen LogP contribution in [-0.2, 0) is 7.05 Å². The third kappa shape index (κ3) is 3.70. The molecule has 0 aliphatic rings. The van der Waals surface area contributed by atoms with Crippen LogP contribution >= 0.6 is 0 Å². The molecule has 0 unspecified atom stereocenters. The van der Waals surface area contributed by atoms with E-state index in [2.05, 4.69) is 23.9 Å². The van der Waals surface area contributed by atoms with Crippen LogP contribution in [0.1, 0.15) is 32.3 Å². The zero-order valence-electron chi connectivity index (χ0n) is 13.6. The monoisotopic (exact) mass is 299 g/mol. The highest BCUT2D eigenvalue weighted by atomic mass is 19.1. The summed E-state index contributed by atoms with van der Waals surface area (Å²) < 4.78 is 15.3. The van der Waals surface area contributed by atoms with Gasteiger partial charge >= 0.3 is 0 Å². The molecule has 0 radical (unpaired) electrons. The number of unbranched alkanes of at least 4 members (excludes halogenated alkanes) is 1. The maximum atomic E-state index is 13.5. The SMILES string of the molecule is CCCC.Cc1ccc(-c2cnc3nn(C)cc3c2)cc1F. The van der Waals surface area contributed by atoms with Crippen LogP contribution in [0, 0.1) is 12.7 Å². The first-order chi connectivity index (χ1) is 10.5. The summed E-state index contributed by atoms with van der Waals surface area (Å²) in [7, 11) is 1.85. The van der Waals surface area contributed by atoms with Crippen molar-refractivity contribution in [3.05, 3.63) is 48.0 Å². The highest BCUT2D eigenvalue weighted by molar-refractivity contribution is 5.80. The number of fused-ring (bicyclic) bond motifs is 1. The van der Waals surface area contributed by atoms with E-state index in [1.807, 2.05) is 25.4 Å². The minimum absolute atomic E-state index is 0.196. The lowest BCUT2D eigenvalue weighted by Gasteiger charge is -2.03. The van der Waals surface area contributed by atoms with Gasteiger partial charge in [0.1, 0.15) is 5.82 Å². The summed E-state index contributed by atoms with van der Waals surface area (Å²) in [6, 6.07) is 7.18. The lowest BCUT2D eigenvalue weighted by molar-refractivity contribution is 0.619. The first-order valence-electron chi connectivity index (χ1n) is 7.61. The number of aryl methyl sites for hydroxylation is 2. The summed E-state index contributed by atoms with van der Waals surface area (Å²) in [5.41, 5.74) is 3.08. The van der Waals surface area contributed by atoms with E-state index in [0.717, 1.165) is 16.5 Å². The Morgan fingerprint density at radius 2 is 1.82 bits per heavy atom. The number of rotatable bonds is 2. The van der Waals surface area contributed by atoms with Crippen molar-refractivity contribution in [3.63, 3.8) is 0 Å². The molecule has 0 atom stereocenters. The minimum atomic E-state index is -0.196. The van der Waals surface area contributed by atoms with Gasteiger partial charge in [0.05, 0.1) is 0 Å². The molecule has 2 aromatic heterocycles. The second-order valence-corrected chi connectivity index (χ2v) is 5.40. The normalized spacial score (nSPS) is 10.4. The number of halogens is 1. The molecule has 0 amide bonds. The van der Waals surface area contributed by atoms with Crippen molar-refractivity contribution >= 4 is 11.0 Å². The molecule has 22 heavy (non-hydrogen) atoms. The summed E-state index contributed by atoms with van der Waals surface area (Å²) in [6.45, 7) is 6.11. The van der Waals surface area contributed by atoms with Crippen LogP contribution in [0.25, 0.3) is 22.2 Å². The van der Waals surface area contributed by atoms with Crippen LogP contribution in [0.5, 0.6) is 0 Å². The largest absolute Gasteiger partial charge is 0.273 e. The number of benzene rings is 1. The van der Waals surface area contributed by atoms with Gasteiger partial charge in [0.2, 0.25) is 0 Å². The summed E-state index contributed by atoms with van der Waals surface area (Å²) in [5.74, 6) is -0.196. The standard InChI is InChI=1S/C14H12FN3.C4H10/c1-9-3-4-10(6-13(9)15)11-5-12-8-18(2)17-14(12)16-7-11;1-3-4-2/h3-8H,1-2H3;3-4H2,1-2H3. The van der Waals surface area contributed by atoms with E-state index in [9.17, 15) is 4.39 Å². The van der Waals surface area contributed by atoms with Gasteiger partial charge in [-0.3, -0.25) is 4.68 Å². The van der Waals surface area contributed by atoms with Gasteiger partial charge in [-0.2, -0.15) is 5.10 Å². The molecule has 3 rings (SSSR count). The van der Waals surface area contributed by atoms with Gasteiger partial charge in [-0.05, 0) is 30.2 Å². The smallest absolute Gasteiger partial charge is 0.181 e. The fourth-order valence-corrected chi connectivity index (χ4v) is 1.96. The van der Waals surface area contributed by atoms with Gasteiger partial charge in [0, 0.05) is 30.4 Å². The molecule has 0 fully saturated rings. The van der Waals surface area contributed by atoms with Gasteiger partial charge in [-0.15, -0.1) is 0 Å². The lowest BCUT2D eigenvalue weighted by atomic mass is 10.0. The summed E-state index contributed by atoms with van der Waals surface area (Å²) in [4.78, 5) is 4.28. The number of hydrogen-bond acceptors (Lipinski definition) is 2. The Morgan fingerprint density at radius 3 is 2.45 bits per heavy atom. The average Bonchev–Trinajstić information content (AvgIpc) is 2.89. The topological polar surface area (TPSA) is 30.7 Å². The third-order valence-electron chi connectivity index (χ3n) is 3.48. The van der Waals surface area contributed by atoms with Crippen LogP contribution in [0.2, 0.25) is 0 Å². The zero-order valence-corrected chi connectivity index (χ0v) is 13.6. The van der Waals surface area contributed by atoms with Crippen molar-refractivity contribution in [1.29, 1.82) is 0 Å². The van der Waals surface area contributed by atoms with Gasteiger partial charge < -0.3 is 0 Å². The molecule has 116 valence electrons. The first kappa shape index (κ1) is 16.1. The van der Waals surface area contributed by atoms with Gasteiger partial charge in [-0.25, -0.2) is 9.37 Å².